The van der Waals surface area contributed by atoms with Crippen LogP contribution in [0.4, 0.5) is 0 Å². The zero-order chi connectivity index (χ0) is 13.9. The average Bonchev–Trinajstić information content (AvgIpc) is 2.34. The lowest BCUT2D eigenvalue weighted by atomic mass is 9.75. The second-order valence-electron chi connectivity index (χ2n) is 7.11. The molecule has 2 rings (SSSR count). The fourth-order valence-electron chi connectivity index (χ4n) is 4.11. The highest BCUT2D eigenvalue weighted by atomic mass is 15.2. The molecule has 2 unspecified atom stereocenters. The van der Waals surface area contributed by atoms with E-state index in [0.29, 0.717) is 5.54 Å². The highest BCUT2D eigenvalue weighted by Crippen LogP contribution is 2.37. The van der Waals surface area contributed by atoms with E-state index in [9.17, 15) is 0 Å². The van der Waals surface area contributed by atoms with Crippen molar-refractivity contribution in [2.45, 2.75) is 56.5 Å². The van der Waals surface area contributed by atoms with E-state index in [0.717, 1.165) is 12.0 Å². The van der Waals surface area contributed by atoms with Crippen LogP contribution in [0.15, 0.2) is 0 Å². The summed E-state index contributed by atoms with van der Waals surface area (Å²) < 4.78 is 0. The molecule has 0 radical (unpaired) electrons. The Labute approximate surface area is 119 Å². The molecule has 1 N–H and O–H groups in total. The third-order valence-electron chi connectivity index (χ3n) is 5.62. The highest BCUT2D eigenvalue weighted by molar-refractivity contribution is 4.98. The van der Waals surface area contributed by atoms with Crippen LogP contribution in [0, 0.1) is 5.92 Å². The zero-order valence-corrected chi connectivity index (χ0v) is 13.4. The Balaban J connectivity index is 1.84. The van der Waals surface area contributed by atoms with E-state index in [1.54, 1.807) is 0 Å². The van der Waals surface area contributed by atoms with Gasteiger partial charge in [-0.15, -0.1) is 0 Å². The van der Waals surface area contributed by atoms with Crippen LogP contribution in [0.5, 0.6) is 0 Å². The van der Waals surface area contributed by atoms with E-state index in [2.05, 4.69) is 43.3 Å². The van der Waals surface area contributed by atoms with Crippen molar-refractivity contribution in [1.82, 2.24) is 15.1 Å². The smallest absolute Gasteiger partial charge is 0.0330 e. The highest BCUT2D eigenvalue weighted by Gasteiger charge is 2.40. The molecule has 2 fully saturated rings. The number of nitrogens with zero attached hydrogens (tertiary/aromatic N) is 2. The van der Waals surface area contributed by atoms with Crippen molar-refractivity contribution in [3.63, 3.8) is 0 Å². The molecule has 19 heavy (non-hydrogen) atoms. The van der Waals surface area contributed by atoms with Gasteiger partial charge in [-0.05, 0) is 66.2 Å². The molecule has 0 spiro atoms. The maximum absolute atomic E-state index is 3.54. The minimum absolute atomic E-state index is 0.471. The van der Waals surface area contributed by atoms with Gasteiger partial charge in [-0.25, -0.2) is 0 Å². The van der Waals surface area contributed by atoms with Crippen LogP contribution < -0.4 is 5.32 Å². The summed E-state index contributed by atoms with van der Waals surface area (Å²) in [5, 5.41) is 3.54. The van der Waals surface area contributed by atoms with Gasteiger partial charge in [0.25, 0.3) is 0 Å². The number of likely N-dealkylation sites (N-methyl/N-ethyl adjacent to an activating group) is 2. The minimum atomic E-state index is 0.471. The molecule has 0 heterocycles. The van der Waals surface area contributed by atoms with E-state index < -0.39 is 0 Å². The standard InChI is InChI=1S/C16H33N3/c1-17-15-9-6-5-8-14(15)12-19(4)13-16(18(2)3)10-7-11-16/h14-15,17H,5-13H2,1-4H3. The van der Waals surface area contributed by atoms with Gasteiger partial charge < -0.3 is 15.1 Å². The second-order valence-corrected chi connectivity index (χ2v) is 7.11. The van der Waals surface area contributed by atoms with Crippen molar-refractivity contribution in [3.05, 3.63) is 0 Å². The molecule has 2 aliphatic rings. The average molecular weight is 267 g/mol. The molecule has 0 aromatic carbocycles. The van der Waals surface area contributed by atoms with E-state index in [1.807, 2.05) is 0 Å². The molecular weight excluding hydrogens is 234 g/mol. The van der Waals surface area contributed by atoms with E-state index >= 15 is 0 Å². The summed E-state index contributed by atoms with van der Waals surface area (Å²) in [4.78, 5) is 5.06. The lowest BCUT2D eigenvalue weighted by Gasteiger charge is -2.50. The maximum atomic E-state index is 3.54. The van der Waals surface area contributed by atoms with Gasteiger partial charge in [0.05, 0.1) is 0 Å². The van der Waals surface area contributed by atoms with Gasteiger partial charge in [0.2, 0.25) is 0 Å². The van der Waals surface area contributed by atoms with Crippen LogP contribution in [-0.4, -0.2) is 62.7 Å². The summed E-state index contributed by atoms with van der Waals surface area (Å²) in [7, 11) is 8.97. The van der Waals surface area contributed by atoms with E-state index in [-0.39, 0.29) is 0 Å². The third-order valence-corrected chi connectivity index (χ3v) is 5.62. The first kappa shape index (κ1) is 15.3. The summed E-state index contributed by atoms with van der Waals surface area (Å²) >= 11 is 0. The molecule has 3 heteroatoms. The Kier molecular flexibility index (Phi) is 5.27. The Bertz CT molecular complexity index is 273. The Morgan fingerprint density at radius 2 is 1.74 bits per heavy atom. The SMILES string of the molecule is CNC1CCCCC1CN(C)CC1(N(C)C)CCC1. The van der Waals surface area contributed by atoms with Crippen molar-refractivity contribution in [1.29, 1.82) is 0 Å². The molecule has 0 saturated heterocycles. The molecule has 3 nitrogen and oxygen atoms in total. The van der Waals surface area contributed by atoms with Crippen LogP contribution >= 0.6 is 0 Å². The molecule has 0 aromatic rings. The topological polar surface area (TPSA) is 18.5 Å². The fraction of sp³-hybridized carbons (Fsp3) is 1.00. The van der Waals surface area contributed by atoms with Crippen LogP contribution in [0.25, 0.3) is 0 Å². The van der Waals surface area contributed by atoms with Gasteiger partial charge in [0, 0.05) is 24.7 Å². The third kappa shape index (κ3) is 3.50. The first-order valence-electron chi connectivity index (χ1n) is 8.11. The normalized spacial score (nSPS) is 30.6. The quantitative estimate of drug-likeness (QED) is 0.796. The number of rotatable bonds is 6. The number of hydrogen-bond donors (Lipinski definition) is 1. The van der Waals surface area contributed by atoms with Gasteiger partial charge in [-0.1, -0.05) is 12.8 Å². The van der Waals surface area contributed by atoms with Gasteiger partial charge in [-0.2, -0.15) is 0 Å². The summed E-state index contributed by atoms with van der Waals surface area (Å²) in [6.45, 7) is 2.51. The zero-order valence-electron chi connectivity index (χ0n) is 13.4. The van der Waals surface area contributed by atoms with Gasteiger partial charge in [-0.3, -0.25) is 0 Å². The van der Waals surface area contributed by atoms with Crippen molar-refractivity contribution in [2.75, 3.05) is 41.3 Å². The predicted octanol–water partition coefficient (Wildman–Crippen LogP) is 2.18. The first-order chi connectivity index (χ1) is 9.07. The largest absolute Gasteiger partial charge is 0.317 e. The predicted molar refractivity (Wildman–Crippen MR) is 82.6 cm³/mol. The maximum Gasteiger partial charge on any atom is 0.0330 e. The van der Waals surface area contributed by atoms with Crippen molar-refractivity contribution in [2.24, 2.45) is 5.92 Å². The molecule has 2 saturated carbocycles. The molecule has 112 valence electrons. The lowest BCUT2D eigenvalue weighted by Crippen LogP contribution is -2.57. The summed E-state index contributed by atoms with van der Waals surface area (Å²) in [6.07, 6.45) is 9.78. The van der Waals surface area contributed by atoms with Crippen molar-refractivity contribution in [3.8, 4) is 0 Å². The molecule has 0 amide bonds. The molecular formula is C16H33N3. The molecule has 0 bridgehead atoms. The Hall–Kier alpha value is -0.120. The molecule has 0 aliphatic heterocycles. The Morgan fingerprint density at radius 1 is 1.05 bits per heavy atom. The van der Waals surface area contributed by atoms with Gasteiger partial charge >= 0.3 is 0 Å². The van der Waals surface area contributed by atoms with Gasteiger partial charge in [0.15, 0.2) is 0 Å². The molecule has 0 aromatic heterocycles. The summed E-state index contributed by atoms with van der Waals surface area (Å²) in [6, 6.07) is 0.743. The second kappa shape index (κ2) is 6.55. The lowest BCUT2D eigenvalue weighted by molar-refractivity contribution is 0.0208. The fourth-order valence-corrected chi connectivity index (χ4v) is 4.11. The van der Waals surface area contributed by atoms with Crippen LogP contribution in [-0.2, 0) is 0 Å². The van der Waals surface area contributed by atoms with Crippen LogP contribution in [0.3, 0.4) is 0 Å². The summed E-state index contributed by atoms with van der Waals surface area (Å²) in [5.41, 5.74) is 0.471. The van der Waals surface area contributed by atoms with Crippen LogP contribution in [0.1, 0.15) is 44.9 Å². The Morgan fingerprint density at radius 3 is 2.26 bits per heavy atom. The number of nitrogens with one attached hydrogen (secondary N) is 1. The molecule has 2 atom stereocenters. The number of hydrogen-bond acceptors (Lipinski definition) is 3. The monoisotopic (exact) mass is 267 g/mol. The van der Waals surface area contributed by atoms with Crippen molar-refractivity contribution >= 4 is 0 Å². The minimum Gasteiger partial charge on any atom is -0.317 e. The van der Waals surface area contributed by atoms with E-state index in [4.69, 9.17) is 0 Å². The van der Waals surface area contributed by atoms with E-state index in [1.165, 1.54) is 58.0 Å². The first-order valence-corrected chi connectivity index (χ1v) is 8.11. The van der Waals surface area contributed by atoms with Crippen LogP contribution in [0.2, 0.25) is 0 Å². The van der Waals surface area contributed by atoms with Gasteiger partial charge in [0.1, 0.15) is 0 Å². The summed E-state index contributed by atoms with van der Waals surface area (Å²) in [5.74, 6) is 0.850. The molecule has 2 aliphatic carbocycles. The van der Waals surface area contributed by atoms with Crippen molar-refractivity contribution < 1.29 is 0 Å².